The number of amides is 1. The van der Waals surface area contributed by atoms with Gasteiger partial charge in [0.1, 0.15) is 0 Å². The van der Waals surface area contributed by atoms with Crippen LogP contribution in [0, 0.1) is 5.92 Å². The van der Waals surface area contributed by atoms with Crippen LogP contribution in [0.3, 0.4) is 0 Å². The number of carbonyl (C=O) groups is 2. The molecule has 0 spiro atoms. The molecule has 0 saturated carbocycles. The third kappa shape index (κ3) is 4.20. The molecule has 18 heavy (non-hydrogen) atoms. The van der Waals surface area contributed by atoms with Crippen molar-refractivity contribution in [2.75, 3.05) is 5.32 Å². The van der Waals surface area contributed by atoms with Gasteiger partial charge in [-0.15, -0.1) is 0 Å². The molecule has 98 valence electrons. The summed E-state index contributed by atoms with van der Waals surface area (Å²) in [6.07, 6.45) is 1.57. The van der Waals surface area contributed by atoms with Gasteiger partial charge in [0.2, 0.25) is 5.91 Å². The Hall–Kier alpha value is -1.84. The van der Waals surface area contributed by atoms with E-state index in [4.69, 9.17) is 5.11 Å². The number of benzene rings is 1. The average Bonchev–Trinajstić information content (AvgIpc) is 2.30. The lowest BCUT2D eigenvalue weighted by Gasteiger charge is -2.13. The highest BCUT2D eigenvalue weighted by Crippen LogP contribution is 2.15. The molecule has 1 aromatic carbocycles. The molecule has 0 radical (unpaired) electrons. The van der Waals surface area contributed by atoms with E-state index >= 15 is 0 Å². The van der Waals surface area contributed by atoms with Crippen LogP contribution in [-0.4, -0.2) is 17.0 Å². The molecule has 1 rings (SSSR count). The van der Waals surface area contributed by atoms with Crippen molar-refractivity contribution in [2.45, 2.75) is 33.1 Å². The SMILES string of the molecule is CCC(CC)C(=O)Nc1cccc(CC(=O)O)c1. The highest BCUT2D eigenvalue weighted by atomic mass is 16.4. The smallest absolute Gasteiger partial charge is 0.307 e. The van der Waals surface area contributed by atoms with Crippen molar-refractivity contribution in [3.63, 3.8) is 0 Å². The summed E-state index contributed by atoms with van der Waals surface area (Å²) >= 11 is 0. The molecule has 0 atom stereocenters. The molecule has 0 bridgehead atoms. The van der Waals surface area contributed by atoms with E-state index in [1.54, 1.807) is 24.3 Å². The molecule has 4 nitrogen and oxygen atoms in total. The molecular weight excluding hydrogens is 230 g/mol. The summed E-state index contributed by atoms with van der Waals surface area (Å²) in [7, 11) is 0. The van der Waals surface area contributed by atoms with Crippen molar-refractivity contribution in [1.82, 2.24) is 0 Å². The van der Waals surface area contributed by atoms with E-state index < -0.39 is 5.97 Å². The molecule has 0 aromatic heterocycles. The van der Waals surface area contributed by atoms with Gasteiger partial charge in [-0.25, -0.2) is 0 Å². The first-order valence-corrected chi connectivity index (χ1v) is 6.18. The molecule has 0 aliphatic carbocycles. The monoisotopic (exact) mass is 249 g/mol. The van der Waals surface area contributed by atoms with Gasteiger partial charge >= 0.3 is 5.97 Å². The first-order valence-electron chi connectivity index (χ1n) is 6.18. The fraction of sp³-hybridized carbons (Fsp3) is 0.429. The van der Waals surface area contributed by atoms with Crippen molar-refractivity contribution in [1.29, 1.82) is 0 Å². The van der Waals surface area contributed by atoms with Crippen LogP contribution in [0.1, 0.15) is 32.3 Å². The number of carboxylic acid groups (broad SMARTS) is 1. The molecule has 0 unspecified atom stereocenters. The number of aliphatic carboxylic acids is 1. The first-order chi connectivity index (χ1) is 8.56. The van der Waals surface area contributed by atoms with Crippen LogP contribution in [0.5, 0.6) is 0 Å². The van der Waals surface area contributed by atoms with Crippen molar-refractivity contribution in [2.24, 2.45) is 5.92 Å². The maximum atomic E-state index is 11.9. The third-order valence-corrected chi connectivity index (χ3v) is 2.91. The highest BCUT2D eigenvalue weighted by molar-refractivity contribution is 5.92. The second-order valence-electron chi connectivity index (χ2n) is 4.27. The topological polar surface area (TPSA) is 66.4 Å². The van der Waals surface area contributed by atoms with Crippen LogP contribution in [0.25, 0.3) is 0 Å². The van der Waals surface area contributed by atoms with E-state index in [-0.39, 0.29) is 18.2 Å². The van der Waals surface area contributed by atoms with Crippen molar-refractivity contribution in [3.8, 4) is 0 Å². The summed E-state index contributed by atoms with van der Waals surface area (Å²) in [5.41, 5.74) is 1.34. The Morgan fingerprint density at radius 2 is 1.94 bits per heavy atom. The number of rotatable bonds is 6. The second-order valence-corrected chi connectivity index (χ2v) is 4.27. The fourth-order valence-corrected chi connectivity index (χ4v) is 1.84. The third-order valence-electron chi connectivity index (χ3n) is 2.91. The van der Waals surface area contributed by atoms with Gasteiger partial charge in [-0.2, -0.15) is 0 Å². The number of anilines is 1. The van der Waals surface area contributed by atoms with Gasteiger partial charge in [-0.3, -0.25) is 9.59 Å². The van der Waals surface area contributed by atoms with Crippen molar-refractivity contribution in [3.05, 3.63) is 29.8 Å². The molecule has 4 heteroatoms. The Bertz CT molecular complexity index is 425. The molecular formula is C14H19NO3. The quantitative estimate of drug-likeness (QED) is 0.814. The van der Waals surface area contributed by atoms with Gasteiger partial charge in [-0.1, -0.05) is 26.0 Å². The van der Waals surface area contributed by atoms with E-state index in [1.165, 1.54) is 0 Å². The minimum atomic E-state index is -0.876. The zero-order valence-electron chi connectivity index (χ0n) is 10.8. The van der Waals surface area contributed by atoms with Gasteiger partial charge in [-0.05, 0) is 30.5 Å². The minimum Gasteiger partial charge on any atom is -0.481 e. The summed E-state index contributed by atoms with van der Waals surface area (Å²) in [5.74, 6) is -0.876. The van der Waals surface area contributed by atoms with Gasteiger partial charge in [0.05, 0.1) is 6.42 Å². The molecule has 0 aliphatic heterocycles. The van der Waals surface area contributed by atoms with E-state index in [0.29, 0.717) is 11.3 Å². The molecule has 0 aliphatic rings. The molecule has 1 aromatic rings. The highest BCUT2D eigenvalue weighted by Gasteiger charge is 2.14. The van der Waals surface area contributed by atoms with Crippen LogP contribution in [0.2, 0.25) is 0 Å². The number of hydrogen-bond donors (Lipinski definition) is 2. The van der Waals surface area contributed by atoms with E-state index in [0.717, 1.165) is 12.8 Å². The lowest BCUT2D eigenvalue weighted by Crippen LogP contribution is -2.21. The largest absolute Gasteiger partial charge is 0.481 e. The van der Waals surface area contributed by atoms with Crippen LogP contribution in [0.15, 0.2) is 24.3 Å². The van der Waals surface area contributed by atoms with Crippen molar-refractivity contribution < 1.29 is 14.7 Å². The normalized spacial score (nSPS) is 10.4. The fourth-order valence-electron chi connectivity index (χ4n) is 1.84. The van der Waals surface area contributed by atoms with E-state index in [9.17, 15) is 9.59 Å². The maximum Gasteiger partial charge on any atom is 0.307 e. The van der Waals surface area contributed by atoms with E-state index in [2.05, 4.69) is 5.32 Å². The summed E-state index contributed by atoms with van der Waals surface area (Å²) in [4.78, 5) is 22.5. The lowest BCUT2D eigenvalue weighted by molar-refractivity contribution is -0.136. The van der Waals surface area contributed by atoms with Gasteiger partial charge in [0.25, 0.3) is 0 Å². The summed E-state index contributed by atoms with van der Waals surface area (Å²) in [6.45, 7) is 3.96. The predicted octanol–water partition coefficient (Wildman–Crippen LogP) is 2.69. The predicted molar refractivity (Wildman–Crippen MR) is 70.5 cm³/mol. The summed E-state index contributed by atoms with van der Waals surface area (Å²) in [5, 5.41) is 11.5. The number of nitrogens with one attached hydrogen (secondary N) is 1. The Labute approximate surface area is 107 Å². The molecule has 0 heterocycles. The van der Waals surface area contributed by atoms with Crippen LogP contribution in [0.4, 0.5) is 5.69 Å². The van der Waals surface area contributed by atoms with Crippen LogP contribution in [-0.2, 0) is 16.0 Å². The Morgan fingerprint density at radius 3 is 2.50 bits per heavy atom. The van der Waals surface area contributed by atoms with Crippen LogP contribution < -0.4 is 5.32 Å². The van der Waals surface area contributed by atoms with Gasteiger partial charge in [0, 0.05) is 11.6 Å². The zero-order valence-corrected chi connectivity index (χ0v) is 10.8. The standard InChI is InChI=1S/C14H19NO3/c1-3-11(4-2)14(18)15-12-7-5-6-10(8-12)9-13(16)17/h5-8,11H,3-4,9H2,1-2H3,(H,15,18)(H,16,17). The number of carboxylic acids is 1. The van der Waals surface area contributed by atoms with Crippen molar-refractivity contribution >= 4 is 17.6 Å². The summed E-state index contributed by atoms with van der Waals surface area (Å²) < 4.78 is 0. The Morgan fingerprint density at radius 1 is 1.28 bits per heavy atom. The summed E-state index contributed by atoms with van der Waals surface area (Å²) in [6, 6.07) is 6.96. The molecule has 2 N–H and O–H groups in total. The molecule has 1 amide bonds. The second kappa shape index (κ2) is 6.79. The zero-order chi connectivity index (χ0) is 13.5. The van der Waals surface area contributed by atoms with Gasteiger partial charge in [0.15, 0.2) is 0 Å². The number of carbonyl (C=O) groups excluding carboxylic acids is 1. The average molecular weight is 249 g/mol. The minimum absolute atomic E-state index is 0.00697. The Balaban J connectivity index is 2.72. The maximum absolute atomic E-state index is 11.9. The first kappa shape index (κ1) is 14.2. The Kier molecular flexibility index (Phi) is 5.36. The van der Waals surface area contributed by atoms with Crippen LogP contribution >= 0.6 is 0 Å². The number of hydrogen-bond acceptors (Lipinski definition) is 2. The lowest BCUT2D eigenvalue weighted by atomic mass is 10.0. The van der Waals surface area contributed by atoms with Gasteiger partial charge < -0.3 is 10.4 Å². The molecule has 0 saturated heterocycles. The molecule has 0 fully saturated rings. The van der Waals surface area contributed by atoms with E-state index in [1.807, 2.05) is 13.8 Å².